The fraction of sp³-hybridized carbons (Fsp3) is 0.231. The van der Waals surface area contributed by atoms with Gasteiger partial charge in [0, 0.05) is 17.2 Å². The van der Waals surface area contributed by atoms with Gasteiger partial charge in [-0.1, -0.05) is 24.4 Å². The van der Waals surface area contributed by atoms with Crippen LogP contribution in [0.1, 0.15) is 42.3 Å². The molecule has 2 aromatic heterocycles. The molecule has 5 rings (SSSR count). The van der Waals surface area contributed by atoms with Gasteiger partial charge in [-0.25, -0.2) is 9.37 Å². The molecule has 1 fully saturated rings. The normalized spacial score (nSPS) is 13.9. The number of amides is 1. The number of imidazole rings is 1. The predicted molar refractivity (Wildman–Crippen MR) is 129 cm³/mol. The van der Waals surface area contributed by atoms with Crippen LogP contribution in [0.25, 0.3) is 22.6 Å². The molecule has 0 unspecified atom stereocenters. The average molecular weight is 480 g/mol. The zero-order chi connectivity index (χ0) is 23.7. The molecule has 1 aliphatic carbocycles. The van der Waals surface area contributed by atoms with E-state index in [0.717, 1.165) is 31.2 Å². The molecule has 1 saturated carbocycles. The highest BCUT2D eigenvalue weighted by Crippen LogP contribution is 2.42. The Morgan fingerprint density at radius 3 is 2.53 bits per heavy atom. The van der Waals surface area contributed by atoms with Crippen LogP contribution < -0.4 is 10.1 Å². The molecule has 4 aromatic rings. The van der Waals surface area contributed by atoms with Crippen LogP contribution in [0.4, 0.5) is 10.2 Å². The Hall–Kier alpha value is -3.58. The topological polar surface area (TPSA) is 69.3 Å². The van der Waals surface area contributed by atoms with Crippen molar-refractivity contribution >= 4 is 23.3 Å². The number of nitrogens with zero attached hydrogens (tertiary/aromatic N) is 2. The van der Waals surface area contributed by atoms with Gasteiger partial charge >= 0.3 is 0 Å². The summed E-state index contributed by atoms with van der Waals surface area (Å²) in [6, 6.07) is 15.0. The van der Waals surface area contributed by atoms with Crippen molar-refractivity contribution in [1.82, 2.24) is 9.55 Å². The van der Waals surface area contributed by atoms with Gasteiger partial charge in [0.05, 0.1) is 18.4 Å². The molecule has 0 atom stereocenters. The number of carbonyl (C=O) groups is 1. The maximum atomic E-state index is 13.7. The lowest BCUT2D eigenvalue weighted by molar-refractivity contribution is 0.0995. The molecule has 1 N–H and O–H groups in total. The number of nitrogens with one attached hydrogen (secondary N) is 1. The van der Waals surface area contributed by atoms with Crippen LogP contribution in [0.5, 0.6) is 5.75 Å². The third-order valence-corrected chi connectivity index (χ3v) is 6.40. The Kier molecular flexibility index (Phi) is 6.11. The lowest BCUT2D eigenvalue weighted by Gasteiger charge is -2.19. The lowest BCUT2D eigenvalue weighted by Crippen LogP contribution is -2.17. The van der Waals surface area contributed by atoms with Crippen LogP contribution >= 0.6 is 11.6 Å². The van der Waals surface area contributed by atoms with E-state index in [4.69, 9.17) is 25.7 Å². The number of halogens is 2. The van der Waals surface area contributed by atoms with Gasteiger partial charge in [-0.15, -0.1) is 0 Å². The number of aromatic nitrogens is 2. The summed E-state index contributed by atoms with van der Waals surface area (Å²) in [6.45, 7) is 0. The molecule has 0 aliphatic heterocycles. The lowest BCUT2D eigenvalue weighted by atomic mass is 10.1. The van der Waals surface area contributed by atoms with Crippen molar-refractivity contribution < 1.29 is 18.3 Å². The van der Waals surface area contributed by atoms with Gasteiger partial charge in [-0.05, 0) is 67.4 Å². The molecule has 6 nitrogen and oxygen atoms in total. The molecule has 0 radical (unpaired) electrons. The number of hydrogen-bond acceptors (Lipinski definition) is 4. The Morgan fingerprint density at radius 2 is 1.88 bits per heavy atom. The molecule has 1 amide bonds. The summed E-state index contributed by atoms with van der Waals surface area (Å²) in [5.41, 5.74) is 2.03. The minimum Gasteiger partial charge on any atom is -0.495 e. The second-order valence-electron chi connectivity index (χ2n) is 8.23. The number of anilines is 1. The maximum Gasteiger partial charge on any atom is 0.292 e. The van der Waals surface area contributed by atoms with Gasteiger partial charge < -0.3 is 19.0 Å². The largest absolute Gasteiger partial charge is 0.495 e. The van der Waals surface area contributed by atoms with Crippen LogP contribution in [0, 0.1) is 5.82 Å². The first-order valence-electron chi connectivity index (χ1n) is 11.1. The summed E-state index contributed by atoms with van der Waals surface area (Å²) in [6.07, 6.45) is 5.54. The summed E-state index contributed by atoms with van der Waals surface area (Å²) in [7, 11) is 1.56. The number of methoxy groups -OCH3 is 1. The second kappa shape index (κ2) is 9.35. The first-order chi connectivity index (χ1) is 16.5. The van der Waals surface area contributed by atoms with Crippen LogP contribution in [0.3, 0.4) is 0 Å². The third kappa shape index (κ3) is 4.19. The number of hydrogen-bond donors (Lipinski definition) is 1. The van der Waals surface area contributed by atoms with Gasteiger partial charge in [0.15, 0.2) is 5.76 Å². The fourth-order valence-electron chi connectivity index (χ4n) is 4.47. The summed E-state index contributed by atoms with van der Waals surface area (Å²) in [4.78, 5) is 18.0. The van der Waals surface area contributed by atoms with Crippen molar-refractivity contribution in [3.8, 4) is 28.4 Å². The third-order valence-electron chi connectivity index (χ3n) is 6.11. The summed E-state index contributed by atoms with van der Waals surface area (Å²) >= 11 is 6.44. The Morgan fingerprint density at radius 1 is 1.15 bits per heavy atom. The van der Waals surface area contributed by atoms with Crippen molar-refractivity contribution in [3.63, 3.8) is 0 Å². The highest BCUT2D eigenvalue weighted by atomic mass is 35.5. The Labute approximate surface area is 201 Å². The van der Waals surface area contributed by atoms with E-state index in [1.807, 2.05) is 6.07 Å². The minimum absolute atomic E-state index is 0.143. The molecule has 0 spiro atoms. The van der Waals surface area contributed by atoms with E-state index in [1.54, 1.807) is 43.5 Å². The molecular formula is C26H23ClFN3O3. The summed E-state index contributed by atoms with van der Waals surface area (Å²) in [5.74, 6) is 1.24. The molecule has 2 heterocycles. The molecule has 34 heavy (non-hydrogen) atoms. The van der Waals surface area contributed by atoms with Gasteiger partial charge in [-0.2, -0.15) is 0 Å². The van der Waals surface area contributed by atoms with Gasteiger partial charge in [0.25, 0.3) is 5.91 Å². The monoisotopic (exact) mass is 479 g/mol. The minimum atomic E-state index is -0.383. The quantitative estimate of drug-likeness (QED) is 0.324. The van der Waals surface area contributed by atoms with Crippen LogP contribution in [0.2, 0.25) is 5.02 Å². The SMILES string of the molecule is COc1ccc(-c2nc(-c3ccc(F)cc3)c(NC(=O)c3ccco3)n2C2CCCC2)cc1Cl. The summed E-state index contributed by atoms with van der Waals surface area (Å²) in [5, 5.41) is 3.48. The maximum absolute atomic E-state index is 13.7. The standard InChI is InChI=1S/C26H23ClFN3O3/c1-33-21-13-10-17(15-20(21)27)24-29-23(16-8-11-18(28)12-9-16)25(31(24)19-5-2-3-6-19)30-26(32)22-7-4-14-34-22/h4,7-15,19H,2-3,5-6H2,1H3,(H,30,32). The molecule has 174 valence electrons. The van der Waals surface area contributed by atoms with E-state index in [9.17, 15) is 9.18 Å². The first kappa shape index (κ1) is 22.2. The van der Waals surface area contributed by atoms with Crippen molar-refractivity contribution in [2.45, 2.75) is 31.7 Å². The molecule has 1 aliphatic rings. The van der Waals surface area contributed by atoms with E-state index in [2.05, 4.69) is 9.88 Å². The van der Waals surface area contributed by atoms with Crippen molar-refractivity contribution in [2.24, 2.45) is 0 Å². The Balaban J connectivity index is 1.71. The molecule has 0 saturated heterocycles. The Bertz CT molecular complexity index is 1310. The van der Waals surface area contributed by atoms with Gasteiger partial charge in [0.1, 0.15) is 28.9 Å². The second-order valence-corrected chi connectivity index (χ2v) is 8.64. The molecule has 0 bridgehead atoms. The number of ether oxygens (including phenoxy) is 1. The van der Waals surface area contributed by atoms with E-state index < -0.39 is 0 Å². The molecular weight excluding hydrogens is 457 g/mol. The van der Waals surface area contributed by atoms with Gasteiger partial charge in [-0.3, -0.25) is 4.79 Å². The van der Waals surface area contributed by atoms with Gasteiger partial charge in [0.2, 0.25) is 0 Å². The van der Waals surface area contributed by atoms with Crippen molar-refractivity contribution in [1.29, 1.82) is 0 Å². The van der Waals surface area contributed by atoms with Crippen LogP contribution in [-0.2, 0) is 0 Å². The zero-order valence-corrected chi connectivity index (χ0v) is 19.3. The number of furan rings is 1. The highest BCUT2D eigenvalue weighted by molar-refractivity contribution is 6.32. The highest BCUT2D eigenvalue weighted by Gasteiger charge is 2.29. The smallest absolute Gasteiger partial charge is 0.292 e. The number of rotatable bonds is 6. The number of benzene rings is 2. The van der Waals surface area contributed by atoms with E-state index >= 15 is 0 Å². The number of carbonyl (C=O) groups excluding carboxylic acids is 1. The fourth-order valence-corrected chi connectivity index (χ4v) is 4.72. The van der Waals surface area contributed by atoms with Crippen LogP contribution in [-0.4, -0.2) is 22.6 Å². The summed E-state index contributed by atoms with van der Waals surface area (Å²) < 4.78 is 26.4. The predicted octanol–water partition coefficient (Wildman–Crippen LogP) is 6.98. The van der Waals surface area contributed by atoms with E-state index in [-0.39, 0.29) is 23.5 Å². The van der Waals surface area contributed by atoms with Crippen LogP contribution in [0.15, 0.2) is 65.3 Å². The van der Waals surface area contributed by atoms with E-state index in [1.165, 1.54) is 18.4 Å². The van der Waals surface area contributed by atoms with Crippen molar-refractivity contribution in [2.75, 3.05) is 12.4 Å². The average Bonchev–Trinajstić information content (AvgIpc) is 3.60. The zero-order valence-electron chi connectivity index (χ0n) is 18.6. The first-order valence-corrected chi connectivity index (χ1v) is 11.5. The van der Waals surface area contributed by atoms with Crippen molar-refractivity contribution in [3.05, 3.63) is 77.5 Å². The molecule has 8 heteroatoms. The molecule has 2 aromatic carbocycles. The van der Waals surface area contributed by atoms with E-state index in [0.29, 0.717) is 33.7 Å².